The summed E-state index contributed by atoms with van der Waals surface area (Å²) in [5.41, 5.74) is 2.69. The maximum absolute atomic E-state index is 10.4. The first kappa shape index (κ1) is 22.2. The van der Waals surface area contributed by atoms with Gasteiger partial charge in [0, 0.05) is 48.2 Å². The fourth-order valence-corrected chi connectivity index (χ4v) is 4.59. The van der Waals surface area contributed by atoms with Gasteiger partial charge in [-0.3, -0.25) is 9.97 Å². The maximum Gasteiger partial charge on any atom is 0.151 e. The van der Waals surface area contributed by atoms with Crippen molar-refractivity contribution in [3.63, 3.8) is 0 Å². The van der Waals surface area contributed by atoms with Crippen molar-refractivity contribution in [2.24, 2.45) is 0 Å². The number of aromatic nitrogens is 4. The molecule has 1 fully saturated rings. The average Bonchev–Trinajstić information content (AvgIpc) is 2.64. The molecule has 1 saturated heterocycles. The Morgan fingerprint density at radius 1 is 0.967 bits per heavy atom. The molecule has 2 N–H and O–H groups in total. The highest BCUT2D eigenvalue weighted by atomic mass is 35.5. The number of rotatable bonds is 3. The molecule has 0 radical (unpaired) electrons. The second-order valence-electron chi connectivity index (χ2n) is 9.26. The van der Waals surface area contributed by atoms with E-state index in [1.54, 1.807) is 24.5 Å². The van der Waals surface area contributed by atoms with Gasteiger partial charge in [0.15, 0.2) is 5.82 Å². The zero-order chi connectivity index (χ0) is 20.8. The Kier molecular flexibility index (Phi) is 5.89. The van der Waals surface area contributed by atoms with Crippen LogP contribution in [0.3, 0.4) is 0 Å². The van der Waals surface area contributed by atoms with Gasteiger partial charge in [0.1, 0.15) is 5.75 Å². The molecular weight excluding hydrogens is 400 g/mol. The standard InChI is InChI=1S/C22H28N6O.ClH/c1-21(2)12-14(13-22(3,4)27-21)28(5)20-7-6-16(25-26-20)15-10-17-18(11-19(15)29)24-9-8-23-17;/h6-11,14,27,29H,12-13H2,1-5H3;1H. The Hall–Kier alpha value is -2.51. The molecule has 0 saturated carbocycles. The Morgan fingerprint density at radius 2 is 1.57 bits per heavy atom. The van der Waals surface area contributed by atoms with Crippen LogP contribution in [0.4, 0.5) is 5.82 Å². The first-order valence-corrected chi connectivity index (χ1v) is 9.94. The van der Waals surface area contributed by atoms with E-state index >= 15 is 0 Å². The van der Waals surface area contributed by atoms with Gasteiger partial charge in [-0.05, 0) is 58.7 Å². The largest absolute Gasteiger partial charge is 0.507 e. The lowest BCUT2D eigenvalue weighted by Gasteiger charge is -2.49. The summed E-state index contributed by atoms with van der Waals surface area (Å²) in [5.74, 6) is 0.947. The van der Waals surface area contributed by atoms with Gasteiger partial charge in [-0.2, -0.15) is 0 Å². The van der Waals surface area contributed by atoms with Crippen LogP contribution in [0.25, 0.3) is 22.3 Å². The fourth-order valence-electron chi connectivity index (χ4n) is 4.59. The van der Waals surface area contributed by atoms with Gasteiger partial charge < -0.3 is 15.3 Å². The second-order valence-corrected chi connectivity index (χ2v) is 9.26. The lowest BCUT2D eigenvalue weighted by Crippen LogP contribution is -2.62. The van der Waals surface area contributed by atoms with Gasteiger partial charge in [-0.25, -0.2) is 0 Å². The monoisotopic (exact) mass is 428 g/mol. The molecule has 1 aromatic carbocycles. The number of aromatic hydroxyl groups is 1. The topological polar surface area (TPSA) is 87.1 Å². The minimum absolute atomic E-state index is 0. The highest BCUT2D eigenvalue weighted by Gasteiger charge is 2.39. The minimum Gasteiger partial charge on any atom is -0.507 e. The van der Waals surface area contributed by atoms with Crippen LogP contribution in [0.5, 0.6) is 5.75 Å². The first-order valence-electron chi connectivity index (χ1n) is 9.94. The van der Waals surface area contributed by atoms with E-state index in [-0.39, 0.29) is 29.2 Å². The van der Waals surface area contributed by atoms with Crippen molar-refractivity contribution in [2.45, 2.75) is 57.7 Å². The van der Waals surface area contributed by atoms with E-state index in [1.165, 1.54) is 0 Å². The van der Waals surface area contributed by atoms with E-state index in [0.29, 0.717) is 28.3 Å². The summed E-state index contributed by atoms with van der Waals surface area (Å²) in [6, 6.07) is 7.63. The van der Waals surface area contributed by atoms with Gasteiger partial charge in [-0.15, -0.1) is 22.6 Å². The Balaban J connectivity index is 0.00000256. The number of halogens is 1. The Morgan fingerprint density at radius 3 is 2.13 bits per heavy atom. The molecule has 3 heterocycles. The van der Waals surface area contributed by atoms with Crippen molar-refractivity contribution in [2.75, 3.05) is 11.9 Å². The molecule has 7 nitrogen and oxygen atoms in total. The van der Waals surface area contributed by atoms with Gasteiger partial charge >= 0.3 is 0 Å². The number of nitrogens with zero attached hydrogens (tertiary/aromatic N) is 5. The molecule has 0 bridgehead atoms. The first-order chi connectivity index (χ1) is 13.6. The molecule has 8 heteroatoms. The molecule has 1 aliphatic rings. The summed E-state index contributed by atoms with van der Waals surface area (Å²) >= 11 is 0. The quantitative estimate of drug-likeness (QED) is 0.652. The molecule has 0 aliphatic carbocycles. The molecule has 3 aromatic rings. The second kappa shape index (κ2) is 7.96. The SMILES string of the molecule is CN(c1ccc(-c2cc3nccnc3cc2O)nn1)C1CC(C)(C)NC(C)(C)C1.Cl. The van der Waals surface area contributed by atoms with Crippen molar-refractivity contribution in [1.29, 1.82) is 0 Å². The molecule has 4 rings (SSSR count). The third kappa shape index (κ3) is 4.47. The highest BCUT2D eigenvalue weighted by molar-refractivity contribution is 5.85. The van der Waals surface area contributed by atoms with Crippen LogP contribution in [-0.2, 0) is 0 Å². The molecule has 160 valence electrons. The number of hydrogen-bond donors (Lipinski definition) is 2. The summed E-state index contributed by atoms with van der Waals surface area (Å²) < 4.78 is 0. The zero-order valence-electron chi connectivity index (χ0n) is 18.0. The van der Waals surface area contributed by atoms with Gasteiger partial charge in [0.2, 0.25) is 0 Å². The molecule has 1 aliphatic heterocycles. The number of anilines is 1. The fraction of sp³-hybridized carbons (Fsp3) is 0.455. The predicted molar refractivity (Wildman–Crippen MR) is 122 cm³/mol. The molecule has 30 heavy (non-hydrogen) atoms. The molecular formula is C22H29ClN6O. The van der Waals surface area contributed by atoms with E-state index in [9.17, 15) is 5.11 Å². The lowest BCUT2D eigenvalue weighted by atomic mass is 9.79. The van der Waals surface area contributed by atoms with Crippen LogP contribution in [0.15, 0.2) is 36.7 Å². The normalized spacial score (nSPS) is 18.0. The van der Waals surface area contributed by atoms with Crippen molar-refractivity contribution < 1.29 is 5.11 Å². The number of piperidine rings is 1. The van der Waals surface area contributed by atoms with Gasteiger partial charge in [0.05, 0.1) is 16.7 Å². The zero-order valence-corrected chi connectivity index (χ0v) is 18.9. The van der Waals surface area contributed by atoms with E-state index < -0.39 is 0 Å². The number of fused-ring (bicyclic) bond motifs is 1. The summed E-state index contributed by atoms with van der Waals surface area (Å²) in [7, 11) is 2.08. The molecule has 0 unspecified atom stereocenters. The summed E-state index contributed by atoms with van der Waals surface area (Å²) in [6.45, 7) is 8.98. The number of benzene rings is 1. The van der Waals surface area contributed by atoms with Crippen molar-refractivity contribution in [1.82, 2.24) is 25.5 Å². The van der Waals surface area contributed by atoms with Crippen LogP contribution in [0.1, 0.15) is 40.5 Å². The summed E-state index contributed by atoms with van der Waals surface area (Å²) in [4.78, 5) is 10.7. The van der Waals surface area contributed by atoms with Crippen LogP contribution < -0.4 is 10.2 Å². The van der Waals surface area contributed by atoms with Gasteiger partial charge in [-0.1, -0.05) is 0 Å². The Bertz CT molecular complexity index is 1020. The van der Waals surface area contributed by atoms with Crippen molar-refractivity contribution in [3.05, 3.63) is 36.7 Å². The molecule has 2 aromatic heterocycles. The third-order valence-electron chi connectivity index (χ3n) is 5.59. The smallest absolute Gasteiger partial charge is 0.151 e. The number of hydrogen-bond acceptors (Lipinski definition) is 7. The molecule has 0 amide bonds. The van der Waals surface area contributed by atoms with Crippen molar-refractivity contribution >= 4 is 29.3 Å². The lowest BCUT2D eigenvalue weighted by molar-refractivity contribution is 0.160. The summed E-state index contributed by atoms with van der Waals surface area (Å²) in [5, 5.41) is 23.0. The predicted octanol–water partition coefficient (Wildman–Crippen LogP) is 3.96. The third-order valence-corrected chi connectivity index (χ3v) is 5.59. The molecule has 0 spiro atoms. The van der Waals surface area contributed by atoms with Gasteiger partial charge in [0.25, 0.3) is 0 Å². The average molecular weight is 429 g/mol. The molecule has 0 atom stereocenters. The highest BCUT2D eigenvalue weighted by Crippen LogP contribution is 2.34. The minimum atomic E-state index is 0. The Labute approximate surface area is 183 Å². The number of phenols is 1. The van der Waals surface area contributed by atoms with Crippen LogP contribution in [0, 0.1) is 0 Å². The van der Waals surface area contributed by atoms with E-state index in [1.807, 2.05) is 12.1 Å². The number of phenolic OH excluding ortho intramolecular Hbond substituents is 1. The maximum atomic E-state index is 10.4. The van der Waals surface area contributed by atoms with E-state index in [0.717, 1.165) is 18.7 Å². The number of nitrogens with one attached hydrogen (secondary N) is 1. The van der Waals surface area contributed by atoms with Crippen LogP contribution in [-0.4, -0.2) is 49.4 Å². The van der Waals surface area contributed by atoms with E-state index in [2.05, 4.69) is 65.1 Å². The van der Waals surface area contributed by atoms with Crippen LogP contribution >= 0.6 is 12.4 Å². The van der Waals surface area contributed by atoms with Crippen LogP contribution in [0.2, 0.25) is 0 Å². The van der Waals surface area contributed by atoms with E-state index in [4.69, 9.17) is 0 Å². The van der Waals surface area contributed by atoms with Crippen molar-refractivity contribution in [3.8, 4) is 17.0 Å². The summed E-state index contributed by atoms with van der Waals surface area (Å²) in [6.07, 6.45) is 5.30.